The molecule has 1 aromatic heterocycles. The van der Waals surface area contributed by atoms with Crippen molar-refractivity contribution in [1.29, 1.82) is 0 Å². The van der Waals surface area contributed by atoms with E-state index in [-0.39, 0.29) is 29.4 Å². The second-order valence-electron chi connectivity index (χ2n) is 9.82. The third-order valence-corrected chi connectivity index (χ3v) is 7.74. The number of aromatic nitrogens is 1. The molecular weight excluding hydrogens is 462 g/mol. The molecule has 7 rings (SSSR count). The Morgan fingerprint density at radius 3 is 2.43 bits per heavy atom. The molecule has 0 bridgehead atoms. The van der Waals surface area contributed by atoms with E-state index in [0.717, 1.165) is 12.0 Å². The lowest BCUT2D eigenvalue weighted by atomic mass is 9.83. The first-order chi connectivity index (χ1) is 18.1. The van der Waals surface area contributed by atoms with Gasteiger partial charge >= 0.3 is 0 Å². The normalized spacial score (nSPS) is 19.2. The monoisotopic (exact) mass is 487 g/mol. The van der Waals surface area contributed by atoms with E-state index in [9.17, 15) is 9.59 Å². The largest absolute Gasteiger partial charge is 0.482 e. The van der Waals surface area contributed by atoms with E-state index < -0.39 is 5.54 Å². The van der Waals surface area contributed by atoms with Crippen molar-refractivity contribution in [1.82, 2.24) is 9.58 Å². The van der Waals surface area contributed by atoms with Crippen LogP contribution in [0.3, 0.4) is 0 Å². The third kappa shape index (κ3) is 2.99. The summed E-state index contributed by atoms with van der Waals surface area (Å²) < 4.78 is 7.93. The van der Waals surface area contributed by atoms with Crippen LogP contribution in [0.5, 0.6) is 5.75 Å². The Balaban J connectivity index is 1.44. The van der Waals surface area contributed by atoms with Gasteiger partial charge in [-0.2, -0.15) is 0 Å². The summed E-state index contributed by atoms with van der Waals surface area (Å²) in [6.07, 6.45) is 4.82. The SMILES string of the molecule is CN1CN(C23C(=Cc4ccccc42)Cc2ccccc23)n2ccc(=O)c(OCc3ccccc3)c2C1=O. The van der Waals surface area contributed by atoms with Gasteiger partial charge in [-0.05, 0) is 39.8 Å². The molecule has 0 saturated heterocycles. The molecule has 3 aromatic carbocycles. The zero-order valence-electron chi connectivity index (χ0n) is 20.4. The molecule has 1 atom stereocenters. The second kappa shape index (κ2) is 7.96. The summed E-state index contributed by atoms with van der Waals surface area (Å²) in [5.41, 5.74) is 6.35. The smallest absolute Gasteiger partial charge is 0.277 e. The number of amides is 1. The summed E-state index contributed by atoms with van der Waals surface area (Å²) in [7, 11) is 1.78. The summed E-state index contributed by atoms with van der Waals surface area (Å²) in [4.78, 5) is 28.3. The van der Waals surface area contributed by atoms with Crippen molar-refractivity contribution in [2.75, 3.05) is 18.7 Å². The van der Waals surface area contributed by atoms with Crippen LogP contribution in [-0.2, 0) is 18.6 Å². The number of hydrogen-bond acceptors (Lipinski definition) is 4. The Kier molecular flexibility index (Phi) is 4.67. The van der Waals surface area contributed by atoms with Crippen LogP contribution in [0.2, 0.25) is 0 Å². The minimum Gasteiger partial charge on any atom is -0.482 e. The molecule has 182 valence electrons. The highest BCUT2D eigenvalue weighted by Gasteiger charge is 2.54. The molecule has 0 spiro atoms. The van der Waals surface area contributed by atoms with Crippen LogP contribution in [0.15, 0.2) is 101 Å². The fourth-order valence-electron chi connectivity index (χ4n) is 6.15. The van der Waals surface area contributed by atoms with Crippen molar-refractivity contribution in [3.63, 3.8) is 0 Å². The molecule has 2 aliphatic carbocycles. The third-order valence-electron chi connectivity index (χ3n) is 7.74. The van der Waals surface area contributed by atoms with Crippen molar-refractivity contribution < 1.29 is 9.53 Å². The van der Waals surface area contributed by atoms with Crippen LogP contribution < -0.4 is 15.2 Å². The number of carbonyl (C=O) groups is 1. The quantitative estimate of drug-likeness (QED) is 0.431. The predicted octanol–water partition coefficient (Wildman–Crippen LogP) is 4.31. The van der Waals surface area contributed by atoms with Gasteiger partial charge < -0.3 is 9.64 Å². The van der Waals surface area contributed by atoms with Crippen molar-refractivity contribution >= 4 is 12.0 Å². The van der Waals surface area contributed by atoms with Gasteiger partial charge in [0.1, 0.15) is 18.8 Å². The van der Waals surface area contributed by atoms with E-state index in [1.165, 1.54) is 33.9 Å². The number of pyridine rings is 1. The molecule has 6 nitrogen and oxygen atoms in total. The molecule has 2 heterocycles. The molecule has 37 heavy (non-hydrogen) atoms. The van der Waals surface area contributed by atoms with Crippen molar-refractivity contribution in [2.45, 2.75) is 18.6 Å². The maximum Gasteiger partial charge on any atom is 0.277 e. The number of benzene rings is 3. The highest BCUT2D eigenvalue weighted by molar-refractivity contribution is 5.96. The number of nitrogens with zero attached hydrogens (tertiary/aromatic N) is 3. The van der Waals surface area contributed by atoms with Crippen LogP contribution in [0.4, 0.5) is 0 Å². The fraction of sp³-hybridized carbons (Fsp3) is 0.161. The lowest BCUT2D eigenvalue weighted by Gasteiger charge is -2.49. The van der Waals surface area contributed by atoms with E-state index >= 15 is 0 Å². The molecule has 1 unspecified atom stereocenters. The van der Waals surface area contributed by atoms with E-state index in [0.29, 0.717) is 6.67 Å². The van der Waals surface area contributed by atoms with E-state index in [2.05, 4.69) is 59.6 Å². The van der Waals surface area contributed by atoms with E-state index in [1.807, 2.05) is 35.0 Å². The molecular formula is C31H25N3O3. The van der Waals surface area contributed by atoms with Gasteiger partial charge in [0.2, 0.25) is 5.43 Å². The summed E-state index contributed by atoms with van der Waals surface area (Å²) >= 11 is 0. The van der Waals surface area contributed by atoms with Crippen LogP contribution in [0.25, 0.3) is 6.08 Å². The number of ether oxygens (including phenoxy) is 1. The Bertz CT molecular complexity index is 1660. The molecule has 4 aromatic rings. The van der Waals surface area contributed by atoms with E-state index in [4.69, 9.17) is 4.74 Å². The van der Waals surface area contributed by atoms with Crippen LogP contribution in [-0.4, -0.2) is 29.2 Å². The zero-order valence-corrected chi connectivity index (χ0v) is 20.4. The summed E-state index contributed by atoms with van der Waals surface area (Å²) in [6, 6.07) is 28.1. The van der Waals surface area contributed by atoms with E-state index in [1.54, 1.807) is 18.1 Å². The van der Waals surface area contributed by atoms with Gasteiger partial charge in [0.15, 0.2) is 11.4 Å². The zero-order chi connectivity index (χ0) is 25.1. The van der Waals surface area contributed by atoms with Gasteiger partial charge in [-0.15, -0.1) is 0 Å². The van der Waals surface area contributed by atoms with Crippen LogP contribution in [0, 0.1) is 0 Å². The summed E-state index contributed by atoms with van der Waals surface area (Å²) in [6.45, 7) is 0.554. The van der Waals surface area contributed by atoms with Gasteiger partial charge in [-0.1, -0.05) is 84.9 Å². The molecule has 0 N–H and O–H groups in total. The first-order valence-corrected chi connectivity index (χ1v) is 12.4. The van der Waals surface area contributed by atoms with Gasteiger partial charge in [-0.3, -0.25) is 19.3 Å². The van der Waals surface area contributed by atoms with Crippen molar-refractivity contribution in [3.05, 3.63) is 140 Å². The molecule has 3 aliphatic rings. The summed E-state index contributed by atoms with van der Waals surface area (Å²) in [5.74, 6) is -0.163. The molecule has 0 radical (unpaired) electrons. The second-order valence-corrected chi connectivity index (χ2v) is 9.82. The maximum atomic E-state index is 13.6. The Morgan fingerprint density at radius 2 is 1.59 bits per heavy atom. The lowest BCUT2D eigenvalue weighted by Crippen LogP contribution is -2.61. The molecule has 0 fully saturated rings. The molecule has 1 aliphatic heterocycles. The van der Waals surface area contributed by atoms with Gasteiger partial charge in [0.05, 0.1) is 0 Å². The van der Waals surface area contributed by atoms with Gasteiger partial charge in [0.25, 0.3) is 5.91 Å². The Hall–Kier alpha value is -4.58. The highest BCUT2D eigenvalue weighted by Crippen LogP contribution is 2.55. The van der Waals surface area contributed by atoms with Crippen LogP contribution >= 0.6 is 0 Å². The average Bonchev–Trinajstić information content (AvgIpc) is 3.42. The Morgan fingerprint density at radius 1 is 0.865 bits per heavy atom. The summed E-state index contributed by atoms with van der Waals surface area (Å²) in [5, 5.41) is 2.21. The topological polar surface area (TPSA) is 54.8 Å². The lowest BCUT2D eigenvalue weighted by molar-refractivity contribution is 0.0712. The molecule has 0 saturated carbocycles. The maximum absolute atomic E-state index is 13.6. The highest BCUT2D eigenvalue weighted by atomic mass is 16.5. The minimum atomic E-state index is -0.595. The van der Waals surface area contributed by atoms with Crippen molar-refractivity contribution in [3.8, 4) is 5.75 Å². The molecule has 6 heteroatoms. The van der Waals surface area contributed by atoms with Crippen molar-refractivity contribution in [2.24, 2.45) is 0 Å². The number of fused-ring (bicyclic) bond motifs is 6. The van der Waals surface area contributed by atoms with Gasteiger partial charge in [0, 0.05) is 19.3 Å². The predicted molar refractivity (Wildman–Crippen MR) is 142 cm³/mol. The Labute approximate surface area is 214 Å². The number of hydrogen-bond donors (Lipinski definition) is 0. The molecule has 1 amide bonds. The number of rotatable bonds is 4. The number of carbonyl (C=O) groups excluding carboxylic acids is 1. The van der Waals surface area contributed by atoms with Crippen LogP contribution in [0.1, 0.15) is 38.3 Å². The first-order valence-electron chi connectivity index (χ1n) is 12.4. The standard InChI is InChI=1S/C31H25N3O3/c1-32-20-34(31-24(17-22-11-5-7-13-25(22)31)18-23-12-6-8-14-26(23)31)33-16-15-27(35)29(28(33)30(32)36)37-19-21-9-3-2-4-10-21/h2-17H,18-20H2,1H3. The van der Waals surface area contributed by atoms with Gasteiger partial charge in [-0.25, -0.2) is 0 Å². The average molecular weight is 488 g/mol. The first kappa shape index (κ1) is 21.7. The minimum absolute atomic E-state index is 0.0763. The fourth-order valence-corrected chi connectivity index (χ4v) is 6.15.